The van der Waals surface area contributed by atoms with Gasteiger partial charge in [0.05, 0.1) is 35.6 Å². The number of aryl methyl sites for hydroxylation is 3. The summed E-state index contributed by atoms with van der Waals surface area (Å²) in [5, 5.41) is 4.73. The fourth-order valence-electron chi connectivity index (χ4n) is 6.63. The third-order valence-corrected chi connectivity index (χ3v) is 9.44. The number of nitrogen functional groups attached to an aromatic ring is 1. The van der Waals surface area contributed by atoms with E-state index in [1.54, 1.807) is 28.4 Å². The molecule has 7 rings (SSSR count). The zero-order valence-electron chi connectivity index (χ0n) is 23.7. The third-order valence-electron chi connectivity index (χ3n) is 8.49. The van der Waals surface area contributed by atoms with Crippen LogP contribution in [0.2, 0.25) is 0 Å². The number of halogens is 1. The Morgan fingerprint density at radius 3 is 2.74 bits per heavy atom. The molecule has 4 heterocycles. The monoisotopic (exact) mass is 586 g/mol. The number of carbonyl (C=O) groups excluding carboxylic acids is 1. The maximum Gasteiger partial charge on any atom is 0.227 e. The number of aromatic nitrogens is 4. The molecule has 1 aliphatic heterocycles. The highest BCUT2D eigenvalue weighted by molar-refractivity contribution is 7.15. The van der Waals surface area contributed by atoms with Crippen LogP contribution in [0.25, 0.3) is 22.2 Å². The van der Waals surface area contributed by atoms with Crippen LogP contribution in [0.3, 0.4) is 0 Å². The Kier molecular flexibility index (Phi) is 6.49. The Bertz CT molecular complexity index is 1820. The van der Waals surface area contributed by atoms with E-state index in [2.05, 4.69) is 32.9 Å². The molecule has 3 aromatic heterocycles. The van der Waals surface area contributed by atoms with Crippen molar-refractivity contribution in [1.82, 2.24) is 19.7 Å². The van der Waals surface area contributed by atoms with Crippen LogP contribution in [0.4, 0.5) is 15.2 Å². The number of imidazole rings is 1. The first-order chi connectivity index (χ1) is 20.3. The van der Waals surface area contributed by atoms with E-state index < -0.39 is 5.82 Å². The van der Waals surface area contributed by atoms with Gasteiger partial charge in [0.25, 0.3) is 0 Å². The van der Waals surface area contributed by atoms with Gasteiger partial charge in [-0.25, -0.2) is 14.4 Å². The molecule has 216 valence electrons. The molecule has 0 radical (unpaired) electrons. The molecule has 2 aliphatic rings. The Morgan fingerprint density at radius 1 is 1.12 bits per heavy atom. The number of piperidine rings is 1. The number of nitrogens with zero attached hydrogens (tertiary/aromatic N) is 5. The van der Waals surface area contributed by atoms with E-state index in [1.807, 2.05) is 13.8 Å². The molecular weight excluding hydrogens is 555 g/mol. The lowest BCUT2D eigenvalue weighted by Crippen LogP contribution is -2.40. The van der Waals surface area contributed by atoms with Gasteiger partial charge in [-0.05, 0) is 69.4 Å². The van der Waals surface area contributed by atoms with E-state index in [0.717, 1.165) is 70.8 Å². The van der Waals surface area contributed by atoms with Crippen molar-refractivity contribution in [2.24, 2.45) is 0 Å². The maximum absolute atomic E-state index is 14.9. The van der Waals surface area contributed by atoms with Crippen LogP contribution in [-0.2, 0) is 17.6 Å². The molecule has 0 saturated carbocycles. The number of rotatable bonds is 5. The lowest BCUT2D eigenvalue weighted by molar-refractivity contribution is -0.120. The van der Waals surface area contributed by atoms with Gasteiger partial charge < -0.3 is 24.5 Å². The Morgan fingerprint density at radius 2 is 1.98 bits per heavy atom. The normalized spacial score (nSPS) is 19.0. The molecule has 5 aromatic rings. The molecule has 2 atom stereocenters. The minimum atomic E-state index is -0.507. The second-order valence-corrected chi connectivity index (χ2v) is 12.2. The molecule has 0 unspecified atom stereocenters. The van der Waals surface area contributed by atoms with E-state index in [0.29, 0.717) is 23.7 Å². The summed E-state index contributed by atoms with van der Waals surface area (Å²) in [6, 6.07) is 10.7. The number of methoxy groups -OCH3 is 1. The second kappa shape index (κ2) is 10.2. The van der Waals surface area contributed by atoms with Crippen LogP contribution >= 0.6 is 11.3 Å². The van der Waals surface area contributed by atoms with Crippen molar-refractivity contribution in [2.75, 3.05) is 17.7 Å². The smallest absolute Gasteiger partial charge is 0.227 e. The molecular formula is C31H31FN6O3S. The molecule has 2 aromatic carbocycles. The van der Waals surface area contributed by atoms with E-state index in [9.17, 15) is 9.18 Å². The van der Waals surface area contributed by atoms with Crippen molar-refractivity contribution in [3.8, 4) is 16.9 Å². The van der Waals surface area contributed by atoms with Crippen molar-refractivity contribution in [3.05, 3.63) is 70.1 Å². The van der Waals surface area contributed by atoms with Crippen molar-refractivity contribution in [2.45, 2.75) is 64.5 Å². The summed E-state index contributed by atoms with van der Waals surface area (Å²) >= 11 is 1.54. The quantitative estimate of drug-likeness (QED) is 0.251. The molecule has 1 amide bonds. The largest absolute Gasteiger partial charge is 0.494 e. The second-order valence-electron chi connectivity index (χ2n) is 11.1. The third kappa shape index (κ3) is 4.34. The van der Waals surface area contributed by atoms with Crippen LogP contribution in [0, 0.1) is 19.7 Å². The topological polar surface area (TPSA) is 112 Å². The highest BCUT2D eigenvalue weighted by Crippen LogP contribution is 2.42. The number of hydrogen-bond acceptors (Lipinski definition) is 8. The molecule has 0 spiro atoms. The summed E-state index contributed by atoms with van der Waals surface area (Å²) < 4.78 is 27.8. The summed E-state index contributed by atoms with van der Waals surface area (Å²) in [4.78, 5) is 26.2. The van der Waals surface area contributed by atoms with Crippen molar-refractivity contribution in [1.29, 1.82) is 0 Å². The van der Waals surface area contributed by atoms with Gasteiger partial charge in [-0.3, -0.25) is 4.79 Å². The zero-order chi connectivity index (χ0) is 29.1. The summed E-state index contributed by atoms with van der Waals surface area (Å²) in [7, 11) is 1.43. The van der Waals surface area contributed by atoms with Crippen LogP contribution in [0.1, 0.15) is 65.6 Å². The standard InChI is InChI=1S/C31H31FN6O3S/c1-16-29(17(2)41-36-16)18-7-11-24-23(13-18)34-30(38(24)20-8-10-22-27(15-20)42-31(33)35-22)25-5-4-6-28(39)37(25)19-9-12-26(40-3)21(32)14-19/h7,9,11-14,20,25H,4-6,8,10,15H2,1-3H3,(H2,33,35)/t20-,25+/m1/s1. The van der Waals surface area contributed by atoms with Gasteiger partial charge in [0, 0.05) is 41.1 Å². The van der Waals surface area contributed by atoms with Gasteiger partial charge in [-0.1, -0.05) is 11.2 Å². The van der Waals surface area contributed by atoms with Crippen LogP contribution in [0.15, 0.2) is 40.9 Å². The molecule has 1 aliphatic carbocycles. The summed E-state index contributed by atoms with van der Waals surface area (Å²) in [5.41, 5.74) is 12.2. The lowest BCUT2D eigenvalue weighted by atomic mass is 9.95. The number of ether oxygens (including phenoxy) is 1. The number of fused-ring (bicyclic) bond motifs is 2. The Hall–Kier alpha value is -4.25. The number of amides is 1. The zero-order valence-corrected chi connectivity index (χ0v) is 24.5. The first kappa shape index (κ1) is 26.6. The number of nitrogens with two attached hydrogens (primary N) is 1. The number of benzene rings is 2. The van der Waals surface area contributed by atoms with Crippen LogP contribution in [0.5, 0.6) is 5.75 Å². The minimum absolute atomic E-state index is 0.0491. The SMILES string of the molecule is COc1ccc(N2C(=O)CCC[C@H]2c2nc3cc(-c4c(C)noc4C)ccc3n2[C@@H]2CCc3nc(N)sc3C2)cc1F. The Balaban J connectivity index is 1.39. The maximum atomic E-state index is 14.9. The molecule has 9 nitrogen and oxygen atoms in total. The number of anilines is 2. The van der Waals surface area contributed by atoms with Gasteiger partial charge >= 0.3 is 0 Å². The molecule has 42 heavy (non-hydrogen) atoms. The lowest BCUT2D eigenvalue weighted by Gasteiger charge is -2.37. The molecule has 2 N–H and O–H groups in total. The predicted octanol–water partition coefficient (Wildman–Crippen LogP) is 6.48. The van der Waals surface area contributed by atoms with E-state index in [4.69, 9.17) is 20.0 Å². The molecule has 11 heteroatoms. The van der Waals surface area contributed by atoms with E-state index >= 15 is 0 Å². The first-order valence-electron chi connectivity index (χ1n) is 14.2. The summed E-state index contributed by atoms with van der Waals surface area (Å²) in [5.74, 6) is 1.14. The summed E-state index contributed by atoms with van der Waals surface area (Å²) in [6.45, 7) is 3.84. The fraction of sp³-hybridized carbons (Fsp3) is 0.355. The van der Waals surface area contributed by atoms with Crippen LogP contribution < -0.4 is 15.4 Å². The number of thiazole rings is 1. The van der Waals surface area contributed by atoms with Crippen molar-refractivity contribution in [3.63, 3.8) is 0 Å². The average molecular weight is 587 g/mol. The highest BCUT2D eigenvalue weighted by atomic mass is 32.1. The Labute approximate surface area is 246 Å². The molecule has 0 bridgehead atoms. The minimum Gasteiger partial charge on any atom is -0.494 e. The molecule has 1 fully saturated rings. The molecule has 1 saturated heterocycles. The predicted molar refractivity (Wildman–Crippen MR) is 159 cm³/mol. The van der Waals surface area contributed by atoms with E-state index in [-0.39, 0.29) is 23.7 Å². The average Bonchev–Trinajstić information content (AvgIpc) is 3.65. The number of hydrogen-bond donors (Lipinski definition) is 1. The van der Waals surface area contributed by atoms with Crippen molar-refractivity contribution >= 4 is 39.1 Å². The highest BCUT2D eigenvalue weighted by Gasteiger charge is 2.37. The van der Waals surface area contributed by atoms with Gasteiger partial charge in [0.15, 0.2) is 16.7 Å². The number of carbonyl (C=O) groups is 1. The van der Waals surface area contributed by atoms with Gasteiger partial charge in [-0.15, -0.1) is 11.3 Å². The van der Waals surface area contributed by atoms with Crippen LogP contribution in [-0.4, -0.2) is 32.7 Å². The fourth-order valence-corrected chi connectivity index (χ4v) is 7.58. The first-order valence-corrected chi connectivity index (χ1v) is 15.0. The van der Waals surface area contributed by atoms with Crippen molar-refractivity contribution < 1.29 is 18.4 Å². The summed E-state index contributed by atoms with van der Waals surface area (Å²) in [6.07, 6.45) is 4.32. The van der Waals surface area contributed by atoms with E-state index in [1.165, 1.54) is 18.1 Å². The van der Waals surface area contributed by atoms with Gasteiger partial charge in [0.1, 0.15) is 11.6 Å². The van der Waals surface area contributed by atoms with Gasteiger partial charge in [0.2, 0.25) is 5.91 Å². The van der Waals surface area contributed by atoms with Gasteiger partial charge in [-0.2, -0.15) is 0 Å².